The van der Waals surface area contributed by atoms with Gasteiger partial charge in [0.1, 0.15) is 18.0 Å². The highest BCUT2D eigenvalue weighted by Gasteiger charge is 2.47. The summed E-state index contributed by atoms with van der Waals surface area (Å²) >= 11 is 0. The molecule has 1 fully saturated rings. The Morgan fingerprint density at radius 1 is 0.939 bits per heavy atom. The summed E-state index contributed by atoms with van der Waals surface area (Å²) in [4.78, 5) is 15.2. The second-order valence-corrected chi connectivity index (χ2v) is 9.01. The van der Waals surface area contributed by atoms with Gasteiger partial charge in [0.15, 0.2) is 0 Å². The molecular weight excluding hydrogens is 412 g/mol. The number of fused-ring (bicyclic) bond motifs is 1. The van der Waals surface area contributed by atoms with Gasteiger partial charge in [-0.1, -0.05) is 72.8 Å². The van der Waals surface area contributed by atoms with E-state index in [0.29, 0.717) is 12.8 Å². The summed E-state index contributed by atoms with van der Waals surface area (Å²) in [6, 6.07) is 27.5. The Labute approximate surface area is 195 Å². The van der Waals surface area contributed by atoms with Gasteiger partial charge >= 0.3 is 0 Å². The first-order valence-corrected chi connectivity index (χ1v) is 11.7. The Kier molecular flexibility index (Phi) is 6.42. The molecule has 0 bridgehead atoms. The molecule has 0 spiro atoms. The summed E-state index contributed by atoms with van der Waals surface area (Å²) in [7, 11) is 0. The van der Waals surface area contributed by atoms with Crippen molar-refractivity contribution in [2.24, 2.45) is 0 Å². The first-order chi connectivity index (χ1) is 16.2. The van der Waals surface area contributed by atoms with E-state index in [2.05, 4.69) is 34.5 Å². The molecule has 3 aromatic carbocycles. The minimum absolute atomic E-state index is 0.0267. The fraction of sp³-hybridized carbons (Fsp3) is 0.321. The fourth-order valence-electron chi connectivity index (χ4n) is 5.20. The zero-order valence-electron chi connectivity index (χ0n) is 18.6. The predicted octanol–water partition coefficient (Wildman–Crippen LogP) is 3.35. The number of hydrogen-bond acceptors (Lipinski definition) is 4. The van der Waals surface area contributed by atoms with Crippen molar-refractivity contribution in [2.45, 2.75) is 50.1 Å². The Hall–Kier alpha value is -3.15. The summed E-state index contributed by atoms with van der Waals surface area (Å²) < 4.78 is 6.18. The molecule has 170 valence electrons. The molecule has 5 nitrogen and oxygen atoms in total. The van der Waals surface area contributed by atoms with Gasteiger partial charge in [-0.05, 0) is 35.2 Å². The maximum absolute atomic E-state index is 12.9. The minimum atomic E-state index is -0.697. The molecule has 1 amide bonds. The number of nitrogens with zero attached hydrogens (tertiary/aromatic N) is 1. The van der Waals surface area contributed by atoms with Crippen LogP contribution in [0.25, 0.3) is 0 Å². The standard InChI is InChI=1S/C28H30N2O3/c31-26(17-20-9-3-1-4-10-20)29-24-18-25(33-23-13-5-2-6-14-23)28(32)27(24)30-16-15-21-11-7-8-12-22(21)19-30/h1-14,24-25,27-28,32H,15-19H2,(H,29,31)/t24-,25-,27+,28+/m1/s1. The molecule has 4 atom stereocenters. The maximum atomic E-state index is 12.9. The number of carbonyl (C=O) groups is 1. The quantitative estimate of drug-likeness (QED) is 0.615. The molecule has 1 aliphatic carbocycles. The molecule has 1 heterocycles. The van der Waals surface area contributed by atoms with Gasteiger partial charge in [0.25, 0.3) is 0 Å². The van der Waals surface area contributed by atoms with Crippen molar-refractivity contribution in [3.05, 3.63) is 102 Å². The van der Waals surface area contributed by atoms with E-state index in [4.69, 9.17) is 4.74 Å². The average molecular weight is 443 g/mol. The minimum Gasteiger partial charge on any atom is -0.488 e. The molecular formula is C28H30N2O3. The number of carbonyl (C=O) groups excluding carboxylic acids is 1. The third-order valence-electron chi connectivity index (χ3n) is 6.80. The van der Waals surface area contributed by atoms with Crippen LogP contribution in [0.3, 0.4) is 0 Å². The average Bonchev–Trinajstić information content (AvgIpc) is 3.14. The highest BCUT2D eigenvalue weighted by Crippen LogP contribution is 2.32. The molecule has 2 N–H and O–H groups in total. The largest absolute Gasteiger partial charge is 0.488 e. The van der Waals surface area contributed by atoms with E-state index >= 15 is 0 Å². The van der Waals surface area contributed by atoms with Crippen molar-refractivity contribution < 1.29 is 14.6 Å². The molecule has 5 rings (SSSR count). The van der Waals surface area contributed by atoms with Crippen LogP contribution in [0.2, 0.25) is 0 Å². The lowest BCUT2D eigenvalue weighted by Crippen LogP contribution is -2.54. The van der Waals surface area contributed by atoms with Crippen LogP contribution < -0.4 is 10.1 Å². The van der Waals surface area contributed by atoms with Crippen molar-refractivity contribution in [3.63, 3.8) is 0 Å². The summed E-state index contributed by atoms with van der Waals surface area (Å²) in [6.45, 7) is 1.61. The lowest BCUT2D eigenvalue weighted by atomic mass is 9.97. The number of rotatable bonds is 6. The summed E-state index contributed by atoms with van der Waals surface area (Å²) in [6.07, 6.45) is 0.759. The van der Waals surface area contributed by atoms with E-state index in [1.54, 1.807) is 0 Å². The highest BCUT2D eigenvalue weighted by atomic mass is 16.5. The molecule has 0 aromatic heterocycles. The Balaban J connectivity index is 1.35. The van der Waals surface area contributed by atoms with E-state index in [9.17, 15) is 9.90 Å². The summed E-state index contributed by atoms with van der Waals surface area (Å²) in [5.74, 6) is 0.710. The van der Waals surface area contributed by atoms with Crippen LogP contribution in [0.5, 0.6) is 5.75 Å². The zero-order chi connectivity index (χ0) is 22.6. The van der Waals surface area contributed by atoms with Gasteiger partial charge < -0.3 is 15.2 Å². The smallest absolute Gasteiger partial charge is 0.224 e. The normalized spacial score (nSPS) is 24.8. The van der Waals surface area contributed by atoms with Gasteiger partial charge in [0.2, 0.25) is 5.91 Å². The van der Waals surface area contributed by atoms with E-state index < -0.39 is 6.10 Å². The fourth-order valence-corrected chi connectivity index (χ4v) is 5.20. The molecule has 33 heavy (non-hydrogen) atoms. The van der Waals surface area contributed by atoms with Gasteiger partial charge in [0, 0.05) is 19.5 Å². The molecule has 0 unspecified atom stereocenters. The van der Waals surface area contributed by atoms with Crippen LogP contribution in [0.1, 0.15) is 23.1 Å². The number of para-hydroxylation sites is 1. The zero-order valence-corrected chi connectivity index (χ0v) is 18.6. The van der Waals surface area contributed by atoms with E-state index in [1.807, 2.05) is 60.7 Å². The van der Waals surface area contributed by atoms with Crippen molar-refractivity contribution >= 4 is 5.91 Å². The van der Waals surface area contributed by atoms with Gasteiger partial charge in [0.05, 0.1) is 18.5 Å². The third kappa shape index (κ3) is 4.95. The number of aliphatic hydroxyl groups excluding tert-OH is 1. The van der Waals surface area contributed by atoms with Crippen molar-refractivity contribution in [1.29, 1.82) is 0 Å². The highest BCUT2D eigenvalue weighted by molar-refractivity contribution is 5.79. The molecule has 1 aliphatic heterocycles. The second kappa shape index (κ2) is 9.77. The Morgan fingerprint density at radius 2 is 1.61 bits per heavy atom. The predicted molar refractivity (Wildman–Crippen MR) is 128 cm³/mol. The molecule has 1 saturated carbocycles. The van der Waals surface area contributed by atoms with E-state index in [1.165, 1.54) is 11.1 Å². The van der Waals surface area contributed by atoms with Gasteiger partial charge in [-0.2, -0.15) is 0 Å². The number of amides is 1. The van der Waals surface area contributed by atoms with Crippen molar-refractivity contribution in [1.82, 2.24) is 10.2 Å². The first-order valence-electron chi connectivity index (χ1n) is 11.7. The lowest BCUT2D eigenvalue weighted by Gasteiger charge is -2.38. The van der Waals surface area contributed by atoms with E-state index in [0.717, 1.165) is 30.8 Å². The maximum Gasteiger partial charge on any atom is 0.224 e. The second-order valence-electron chi connectivity index (χ2n) is 9.01. The monoisotopic (exact) mass is 442 g/mol. The van der Waals surface area contributed by atoms with Gasteiger partial charge in [-0.3, -0.25) is 9.69 Å². The number of ether oxygens (including phenoxy) is 1. The Morgan fingerprint density at radius 3 is 2.36 bits per heavy atom. The van der Waals surface area contributed by atoms with Crippen molar-refractivity contribution in [3.8, 4) is 5.75 Å². The number of nitrogens with one attached hydrogen (secondary N) is 1. The molecule has 2 aliphatic rings. The summed E-state index contributed by atoms with van der Waals surface area (Å²) in [5.41, 5.74) is 3.63. The number of benzene rings is 3. The molecule has 3 aromatic rings. The van der Waals surface area contributed by atoms with Crippen LogP contribution in [0, 0.1) is 0 Å². The summed E-state index contributed by atoms with van der Waals surface area (Å²) in [5, 5.41) is 14.6. The molecule has 0 radical (unpaired) electrons. The Bertz CT molecular complexity index is 1070. The van der Waals surface area contributed by atoms with Gasteiger partial charge in [-0.15, -0.1) is 0 Å². The van der Waals surface area contributed by atoms with Gasteiger partial charge in [-0.25, -0.2) is 0 Å². The molecule has 0 saturated heterocycles. The SMILES string of the molecule is O=C(Cc1ccccc1)N[C@@H]1C[C@@H](Oc2ccccc2)[C@H](O)[C@H]1N1CCc2ccccc2C1. The number of aliphatic hydroxyl groups is 1. The lowest BCUT2D eigenvalue weighted by molar-refractivity contribution is -0.121. The van der Waals surface area contributed by atoms with Crippen LogP contribution in [-0.4, -0.2) is 46.7 Å². The van der Waals surface area contributed by atoms with Crippen LogP contribution in [-0.2, 0) is 24.2 Å². The molecule has 5 heteroatoms. The van der Waals surface area contributed by atoms with Crippen LogP contribution in [0.4, 0.5) is 0 Å². The van der Waals surface area contributed by atoms with E-state index in [-0.39, 0.29) is 24.1 Å². The van der Waals surface area contributed by atoms with Crippen molar-refractivity contribution in [2.75, 3.05) is 6.54 Å². The topological polar surface area (TPSA) is 61.8 Å². The number of hydrogen-bond donors (Lipinski definition) is 2. The third-order valence-corrected chi connectivity index (χ3v) is 6.80. The van der Waals surface area contributed by atoms with Crippen LogP contribution >= 0.6 is 0 Å². The van der Waals surface area contributed by atoms with Crippen LogP contribution in [0.15, 0.2) is 84.9 Å². The first kappa shape index (κ1) is 21.7.